The summed E-state index contributed by atoms with van der Waals surface area (Å²) in [6.45, 7) is 0. The molecule has 6 rings (SSSR count). The molecule has 0 N–H and O–H groups in total. The number of hydrogen-bond donors (Lipinski definition) is 0. The first-order valence-electron chi connectivity index (χ1n) is 9.59. The highest BCUT2D eigenvalue weighted by atomic mass is 16.3. The predicted molar refractivity (Wildman–Crippen MR) is 118 cm³/mol. The molecule has 0 saturated carbocycles. The van der Waals surface area contributed by atoms with Crippen LogP contribution in [0.5, 0.6) is 0 Å². The van der Waals surface area contributed by atoms with Gasteiger partial charge in [-0.1, -0.05) is 54.6 Å². The van der Waals surface area contributed by atoms with Crippen LogP contribution in [0.4, 0.5) is 0 Å². The van der Waals surface area contributed by atoms with Crippen molar-refractivity contribution in [3.8, 4) is 22.5 Å². The average Bonchev–Trinajstić information content (AvgIpc) is 3.16. The molecule has 0 aliphatic rings. The van der Waals surface area contributed by atoms with Crippen molar-refractivity contribution in [3.05, 3.63) is 97.3 Å². The summed E-state index contributed by atoms with van der Waals surface area (Å²) in [5, 5.41) is 4.61. The van der Waals surface area contributed by atoms with Gasteiger partial charge in [-0.3, -0.25) is 9.97 Å². The van der Waals surface area contributed by atoms with Crippen LogP contribution in [0.2, 0.25) is 0 Å². The van der Waals surface area contributed by atoms with E-state index in [2.05, 4.69) is 58.5 Å². The lowest BCUT2D eigenvalue weighted by Crippen LogP contribution is -1.89. The summed E-state index contributed by atoms with van der Waals surface area (Å²) in [6.07, 6.45) is 3.70. The molecule has 29 heavy (non-hydrogen) atoms. The number of furan rings is 1. The summed E-state index contributed by atoms with van der Waals surface area (Å²) in [7, 11) is 0. The van der Waals surface area contributed by atoms with Crippen molar-refractivity contribution in [2.45, 2.75) is 0 Å². The SMILES string of the molecule is c1ccc(-c2ccc(-c3c4ccccc4cc4c3oc3ccccc34)cn2)nc1. The van der Waals surface area contributed by atoms with E-state index in [1.165, 1.54) is 5.39 Å². The lowest BCUT2D eigenvalue weighted by molar-refractivity contribution is 0.670. The molecular weight excluding hydrogens is 356 g/mol. The number of para-hydroxylation sites is 1. The Morgan fingerprint density at radius 2 is 1.41 bits per heavy atom. The molecule has 0 aliphatic heterocycles. The largest absolute Gasteiger partial charge is 0.455 e. The fourth-order valence-corrected chi connectivity index (χ4v) is 4.02. The number of fused-ring (bicyclic) bond motifs is 4. The smallest absolute Gasteiger partial charge is 0.143 e. The van der Waals surface area contributed by atoms with Crippen LogP contribution >= 0.6 is 0 Å². The number of rotatable bonds is 2. The first-order valence-corrected chi connectivity index (χ1v) is 9.59. The first kappa shape index (κ1) is 16.0. The quantitative estimate of drug-likeness (QED) is 0.333. The minimum Gasteiger partial charge on any atom is -0.455 e. The molecule has 6 aromatic rings. The molecule has 3 heteroatoms. The van der Waals surface area contributed by atoms with E-state index >= 15 is 0 Å². The monoisotopic (exact) mass is 372 g/mol. The molecule has 0 atom stereocenters. The van der Waals surface area contributed by atoms with Gasteiger partial charge in [0.15, 0.2) is 0 Å². The van der Waals surface area contributed by atoms with Gasteiger partial charge in [0, 0.05) is 34.3 Å². The van der Waals surface area contributed by atoms with Crippen LogP contribution in [-0.2, 0) is 0 Å². The predicted octanol–water partition coefficient (Wildman–Crippen LogP) is 6.86. The standard InChI is InChI=1S/C26H16N2O/c1-2-8-19-17(7-1)15-21-20-9-3-4-11-24(20)29-26(21)25(19)18-12-13-23(28-16-18)22-10-5-6-14-27-22/h1-16H. The summed E-state index contributed by atoms with van der Waals surface area (Å²) in [5.41, 5.74) is 5.63. The Morgan fingerprint density at radius 1 is 0.621 bits per heavy atom. The summed E-state index contributed by atoms with van der Waals surface area (Å²) in [6, 6.07) is 28.8. The maximum atomic E-state index is 6.32. The zero-order chi connectivity index (χ0) is 19.2. The third-order valence-electron chi connectivity index (χ3n) is 5.37. The Kier molecular flexibility index (Phi) is 3.47. The van der Waals surface area contributed by atoms with E-state index in [4.69, 9.17) is 4.42 Å². The minimum absolute atomic E-state index is 0.857. The third-order valence-corrected chi connectivity index (χ3v) is 5.37. The second-order valence-corrected chi connectivity index (χ2v) is 7.09. The van der Waals surface area contributed by atoms with E-state index in [0.717, 1.165) is 49.8 Å². The fraction of sp³-hybridized carbons (Fsp3) is 0. The van der Waals surface area contributed by atoms with Gasteiger partial charge in [0.2, 0.25) is 0 Å². The summed E-state index contributed by atoms with van der Waals surface area (Å²) < 4.78 is 6.32. The maximum absolute atomic E-state index is 6.32. The second kappa shape index (κ2) is 6.28. The van der Waals surface area contributed by atoms with Crippen molar-refractivity contribution in [2.75, 3.05) is 0 Å². The highest BCUT2D eigenvalue weighted by molar-refractivity contribution is 6.18. The highest BCUT2D eigenvalue weighted by Crippen LogP contribution is 2.40. The van der Waals surface area contributed by atoms with Gasteiger partial charge in [0.1, 0.15) is 11.2 Å². The molecule has 0 spiro atoms. The molecule has 3 aromatic heterocycles. The van der Waals surface area contributed by atoms with E-state index in [1.54, 1.807) is 6.20 Å². The molecular formula is C26H16N2O. The molecule has 136 valence electrons. The van der Waals surface area contributed by atoms with E-state index in [1.807, 2.05) is 42.6 Å². The Balaban J connectivity index is 1.65. The molecule has 0 radical (unpaired) electrons. The number of nitrogens with zero attached hydrogens (tertiary/aromatic N) is 2. The van der Waals surface area contributed by atoms with E-state index in [9.17, 15) is 0 Å². The fourth-order valence-electron chi connectivity index (χ4n) is 4.02. The maximum Gasteiger partial charge on any atom is 0.143 e. The van der Waals surface area contributed by atoms with Crippen LogP contribution in [0.1, 0.15) is 0 Å². The number of hydrogen-bond acceptors (Lipinski definition) is 3. The van der Waals surface area contributed by atoms with Crippen LogP contribution in [0.3, 0.4) is 0 Å². The molecule has 0 fully saturated rings. The third kappa shape index (κ3) is 2.52. The first-order chi connectivity index (χ1) is 14.4. The number of pyridine rings is 2. The Bertz CT molecular complexity index is 1480. The van der Waals surface area contributed by atoms with Gasteiger partial charge in [0.05, 0.1) is 11.4 Å². The highest BCUT2D eigenvalue weighted by Gasteiger charge is 2.16. The van der Waals surface area contributed by atoms with Gasteiger partial charge in [0.25, 0.3) is 0 Å². The van der Waals surface area contributed by atoms with Crippen LogP contribution in [0.15, 0.2) is 102 Å². The van der Waals surface area contributed by atoms with E-state index in [0.29, 0.717) is 0 Å². The molecule has 0 saturated heterocycles. The van der Waals surface area contributed by atoms with Crippen molar-refractivity contribution in [2.24, 2.45) is 0 Å². The van der Waals surface area contributed by atoms with Crippen LogP contribution < -0.4 is 0 Å². The molecule has 3 heterocycles. The van der Waals surface area contributed by atoms with Gasteiger partial charge in [-0.15, -0.1) is 0 Å². The van der Waals surface area contributed by atoms with Crippen LogP contribution in [0.25, 0.3) is 55.2 Å². The minimum atomic E-state index is 0.857. The van der Waals surface area contributed by atoms with Gasteiger partial charge in [-0.25, -0.2) is 0 Å². The molecule has 0 bridgehead atoms. The van der Waals surface area contributed by atoms with E-state index < -0.39 is 0 Å². The zero-order valence-corrected chi connectivity index (χ0v) is 15.5. The summed E-state index contributed by atoms with van der Waals surface area (Å²) in [4.78, 5) is 9.09. The van der Waals surface area contributed by atoms with Crippen LogP contribution in [-0.4, -0.2) is 9.97 Å². The average molecular weight is 372 g/mol. The Hall–Kier alpha value is -3.98. The lowest BCUT2D eigenvalue weighted by atomic mass is 9.96. The second-order valence-electron chi connectivity index (χ2n) is 7.09. The van der Waals surface area contributed by atoms with Gasteiger partial charge in [-0.05, 0) is 41.1 Å². The Labute approximate surface area is 167 Å². The topological polar surface area (TPSA) is 38.9 Å². The molecule has 0 aliphatic carbocycles. The van der Waals surface area contributed by atoms with Crippen molar-refractivity contribution in [3.63, 3.8) is 0 Å². The van der Waals surface area contributed by atoms with Crippen molar-refractivity contribution in [1.29, 1.82) is 0 Å². The number of aromatic nitrogens is 2. The summed E-state index contributed by atoms with van der Waals surface area (Å²) in [5.74, 6) is 0. The molecule has 0 unspecified atom stereocenters. The molecule has 3 nitrogen and oxygen atoms in total. The van der Waals surface area contributed by atoms with Crippen molar-refractivity contribution < 1.29 is 4.42 Å². The van der Waals surface area contributed by atoms with Gasteiger partial charge < -0.3 is 4.42 Å². The van der Waals surface area contributed by atoms with E-state index in [-0.39, 0.29) is 0 Å². The van der Waals surface area contributed by atoms with Crippen molar-refractivity contribution >= 4 is 32.7 Å². The molecule has 0 amide bonds. The number of benzene rings is 3. The summed E-state index contributed by atoms with van der Waals surface area (Å²) >= 11 is 0. The van der Waals surface area contributed by atoms with Gasteiger partial charge in [-0.2, -0.15) is 0 Å². The Morgan fingerprint density at radius 3 is 2.24 bits per heavy atom. The van der Waals surface area contributed by atoms with Gasteiger partial charge >= 0.3 is 0 Å². The van der Waals surface area contributed by atoms with Crippen LogP contribution in [0, 0.1) is 0 Å². The molecule has 3 aromatic carbocycles. The normalized spacial score (nSPS) is 11.4. The van der Waals surface area contributed by atoms with Crippen molar-refractivity contribution in [1.82, 2.24) is 9.97 Å². The zero-order valence-electron chi connectivity index (χ0n) is 15.5. The lowest BCUT2D eigenvalue weighted by Gasteiger charge is -2.09.